The maximum atomic E-state index is 11.2. The van der Waals surface area contributed by atoms with Crippen molar-refractivity contribution in [1.29, 1.82) is 0 Å². The summed E-state index contributed by atoms with van der Waals surface area (Å²) in [4.78, 5) is 17.5. The lowest BCUT2D eigenvalue weighted by Gasteiger charge is -2.27. The zero-order valence-corrected chi connectivity index (χ0v) is 9.31. The summed E-state index contributed by atoms with van der Waals surface area (Å²) < 4.78 is 0. The molecule has 2 rings (SSSR count). The van der Waals surface area contributed by atoms with Crippen molar-refractivity contribution < 1.29 is 4.79 Å². The van der Waals surface area contributed by atoms with Gasteiger partial charge in [0, 0.05) is 25.3 Å². The summed E-state index contributed by atoms with van der Waals surface area (Å²) >= 11 is 0. The van der Waals surface area contributed by atoms with Gasteiger partial charge in [-0.3, -0.25) is 4.79 Å². The van der Waals surface area contributed by atoms with E-state index in [-0.39, 0.29) is 11.9 Å². The second kappa shape index (κ2) is 4.49. The van der Waals surface area contributed by atoms with Crippen LogP contribution in [0.1, 0.15) is 18.5 Å². The van der Waals surface area contributed by atoms with Crippen molar-refractivity contribution in [2.24, 2.45) is 5.73 Å². The zero-order valence-electron chi connectivity index (χ0n) is 9.31. The summed E-state index contributed by atoms with van der Waals surface area (Å²) in [5.74, 6) is 0.878. The first-order valence-corrected chi connectivity index (χ1v) is 5.40. The molecule has 1 aliphatic heterocycles. The molecule has 0 radical (unpaired) electrons. The summed E-state index contributed by atoms with van der Waals surface area (Å²) in [7, 11) is 0. The van der Waals surface area contributed by atoms with E-state index in [2.05, 4.69) is 10.3 Å². The molecule has 0 saturated carbocycles. The van der Waals surface area contributed by atoms with E-state index >= 15 is 0 Å². The van der Waals surface area contributed by atoms with Gasteiger partial charge in [-0.25, -0.2) is 4.98 Å². The Morgan fingerprint density at radius 2 is 2.38 bits per heavy atom. The average molecular weight is 220 g/mol. The highest BCUT2D eigenvalue weighted by Crippen LogP contribution is 2.15. The van der Waals surface area contributed by atoms with Gasteiger partial charge in [0.25, 0.3) is 0 Å². The molecule has 1 unspecified atom stereocenters. The quantitative estimate of drug-likeness (QED) is 0.738. The van der Waals surface area contributed by atoms with Crippen molar-refractivity contribution in [3.63, 3.8) is 0 Å². The molecule has 1 aliphatic rings. The number of hydrogen-bond donors (Lipinski definition) is 2. The Bertz CT molecular complexity index is 374. The number of rotatable bonds is 2. The second-order valence-electron chi connectivity index (χ2n) is 4.01. The highest BCUT2D eigenvalue weighted by molar-refractivity contribution is 5.82. The van der Waals surface area contributed by atoms with Crippen molar-refractivity contribution in [3.05, 3.63) is 23.9 Å². The Labute approximate surface area is 94.6 Å². The fraction of sp³-hybridized carbons (Fsp3) is 0.455. The van der Waals surface area contributed by atoms with Gasteiger partial charge in [0.2, 0.25) is 5.91 Å². The molecule has 2 heterocycles. The van der Waals surface area contributed by atoms with Crippen LogP contribution in [0.15, 0.2) is 18.3 Å². The van der Waals surface area contributed by atoms with Gasteiger partial charge in [0.1, 0.15) is 5.82 Å². The molecule has 1 atom stereocenters. The number of amides is 1. The fourth-order valence-corrected chi connectivity index (χ4v) is 1.69. The van der Waals surface area contributed by atoms with E-state index in [1.165, 1.54) is 0 Å². The number of piperazine rings is 1. The van der Waals surface area contributed by atoms with Crippen LogP contribution in [0, 0.1) is 0 Å². The summed E-state index contributed by atoms with van der Waals surface area (Å²) in [5, 5.41) is 2.78. The van der Waals surface area contributed by atoms with Gasteiger partial charge < -0.3 is 16.0 Å². The van der Waals surface area contributed by atoms with E-state index in [1.54, 1.807) is 6.20 Å². The first-order valence-electron chi connectivity index (χ1n) is 5.40. The van der Waals surface area contributed by atoms with Crippen LogP contribution in [0.3, 0.4) is 0 Å². The molecule has 86 valence electrons. The van der Waals surface area contributed by atoms with Crippen LogP contribution in [0.4, 0.5) is 5.82 Å². The molecule has 0 spiro atoms. The van der Waals surface area contributed by atoms with Crippen molar-refractivity contribution in [2.45, 2.75) is 13.0 Å². The third kappa shape index (κ3) is 2.30. The van der Waals surface area contributed by atoms with Gasteiger partial charge in [-0.15, -0.1) is 0 Å². The number of hydrogen-bond acceptors (Lipinski definition) is 4. The Kier molecular flexibility index (Phi) is 3.05. The molecule has 5 nitrogen and oxygen atoms in total. The summed E-state index contributed by atoms with van der Waals surface area (Å²) in [6, 6.07) is 3.86. The average Bonchev–Trinajstić information content (AvgIpc) is 2.29. The minimum absolute atomic E-state index is 0.00814. The van der Waals surface area contributed by atoms with Gasteiger partial charge in [-0.05, 0) is 18.6 Å². The molecule has 1 amide bonds. The topological polar surface area (TPSA) is 71.2 Å². The predicted molar refractivity (Wildman–Crippen MR) is 62.1 cm³/mol. The van der Waals surface area contributed by atoms with Crippen molar-refractivity contribution >= 4 is 11.7 Å². The summed E-state index contributed by atoms with van der Waals surface area (Å²) in [5.41, 5.74) is 6.75. The number of carbonyl (C=O) groups excluding carboxylic acids is 1. The minimum Gasteiger partial charge on any atom is -0.353 e. The van der Waals surface area contributed by atoms with Crippen LogP contribution < -0.4 is 16.0 Å². The van der Waals surface area contributed by atoms with Gasteiger partial charge in [-0.1, -0.05) is 6.07 Å². The number of pyridine rings is 1. The first-order chi connectivity index (χ1) is 7.66. The summed E-state index contributed by atoms with van der Waals surface area (Å²) in [6.07, 6.45) is 1.77. The highest BCUT2D eigenvalue weighted by atomic mass is 16.2. The smallest absolute Gasteiger partial charge is 0.239 e. The van der Waals surface area contributed by atoms with Crippen LogP contribution in [0.5, 0.6) is 0 Å². The largest absolute Gasteiger partial charge is 0.353 e. The van der Waals surface area contributed by atoms with E-state index in [1.807, 2.05) is 24.0 Å². The van der Waals surface area contributed by atoms with Crippen LogP contribution >= 0.6 is 0 Å². The third-order valence-electron chi connectivity index (χ3n) is 2.66. The number of aromatic nitrogens is 1. The van der Waals surface area contributed by atoms with Crippen LogP contribution in [0.25, 0.3) is 0 Å². The van der Waals surface area contributed by atoms with E-state index in [0.717, 1.165) is 17.9 Å². The molecule has 0 bridgehead atoms. The maximum absolute atomic E-state index is 11.2. The lowest BCUT2D eigenvalue weighted by Crippen LogP contribution is -2.48. The Hall–Kier alpha value is -1.62. The maximum Gasteiger partial charge on any atom is 0.239 e. The molecule has 0 aromatic carbocycles. The van der Waals surface area contributed by atoms with E-state index in [9.17, 15) is 4.79 Å². The summed E-state index contributed by atoms with van der Waals surface area (Å²) in [6.45, 7) is 3.78. The molecule has 0 aliphatic carbocycles. The number of nitrogens with one attached hydrogen (secondary N) is 1. The van der Waals surface area contributed by atoms with Crippen molar-refractivity contribution in [3.8, 4) is 0 Å². The van der Waals surface area contributed by atoms with Gasteiger partial charge in [0.15, 0.2) is 0 Å². The van der Waals surface area contributed by atoms with Gasteiger partial charge in [-0.2, -0.15) is 0 Å². The molecule has 1 aromatic heterocycles. The molecule has 1 aromatic rings. The first kappa shape index (κ1) is 10.9. The number of nitrogens with two attached hydrogens (primary N) is 1. The van der Waals surface area contributed by atoms with E-state index < -0.39 is 0 Å². The van der Waals surface area contributed by atoms with Gasteiger partial charge >= 0.3 is 0 Å². The lowest BCUT2D eigenvalue weighted by molar-refractivity contribution is -0.120. The zero-order chi connectivity index (χ0) is 11.5. The molecular weight excluding hydrogens is 204 g/mol. The third-order valence-corrected chi connectivity index (χ3v) is 2.66. The van der Waals surface area contributed by atoms with E-state index in [0.29, 0.717) is 13.1 Å². The molecule has 1 saturated heterocycles. The SMILES string of the molecule is CC(N)c1ccc(N2CCNC(=O)C2)nc1. The van der Waals surface area contributed by atoms with Crippen LogP contribution in [-0.4, -0.2) is 30.5 Å². The molecule has 5 heteroatoms. The highest BCUT2D eigenvalue weighted by Gasteiger charge is 2.17. The normalized spacial score (nSPS) is 18.1. The second-order valence-corrected chi connectivity index (χ2v) is 4.01. The standard InChI is InChI=1S/C11H16N4O/c1-8(12)9-2-3-10(14-6-9)15-5-4-13-11(16)7-15/h2-3,6,8H,4-5,7,12H2,1H3,(H,13,16). The fourth-order valence-electron chi connectivity index (χ4n) is 1.69. The van der Waals surface area contributed by atoms with Crippen LogP contribution in [0.2, 0.25) is 0 Å². The number of anilines is 1. The Morgan fingerprint density at radius 1 is 1.56 bits per heavy atom. The lowest BCUT2D eigenvalue weighted by atomic mass is 10.1. The number of carbonyl (C=O) groups is 1. The number of nitrogens with zero attached hydrogens (tertiary/aromatic N) is 2. The molecular formula is C11H16N4O. The monoisotopic (exact) mass is 220 g/mol. The van der Waals surface area contributed by atoms with Crippen molar-refractivity contribution in [2.75, 3.05) is 24.5 Å². The van der Waals surface area contributed by atoms with Gasteiger partial charge in [0.05, 0.1) is 6.54 Å². The van der Waals surface area contributed by atoms with Crippen LogP contribution in [-0.2, 0) is 4.79 Å². The Balaban J connectivity index is 2.11. The van der Waals surface area contributed by atoms with Crippen molar-refractivity contribution in [1.82, 2.24) is 10.3 Å². The van der Waals surface area contributed by atoms with E-state index in [4.69, 9.17) is 5.73 Å². The predicted octanol–water partition coefficient (Wildman–Crippen LogP) is 0.0375. The molecule has 1 fully saturated rings. The minimum atomic E-state index is -0.00814. The molecule has 3 N–H and O–H groups in total. The molecule has 16 heavy (non-hydrogen) atoms. The Morgan fingerprint density at radius 3 is 2.94 bits per heavy atom.